The topological polar surface area (TPSA) is 26.3 Å². The van der Waals surface area contributed by atoms with Crippen LogP contribution in [0.25, 0.3) is 0 Å². The molecule has 0 aromatic heterocycles. The summed E-state index contributed by atoms with van der Waals surface area (Å²) in [7, 11) is 0. The van der Waals surface area contributed by atoms with Gasteiger partial charge in [0.15, 0.2) is 0 Å². The lowest BCUT2D eigenvalue weighted by molar-refractivity contribution is -0.138. The second kappa shape index (κ2) is 8.39. The van der Waals surface area contributed by atoms with Crippen LogP contribution >= 0.6 is 12.0 Å². The van der Waals surface area contributed by atoms with E-state index in [-0.39, 0.29) is 11.9 Å². The summed E-state index contributed by atoms with van der Waals surface area (Å²) in [5, 5.41) is 0. The summed E-state index contributed by atoms with van der Waals surface area (Å²) in [6, 6.07) is 18.7. The van der Waals surface area contributed by atoms with Crippen molar-refractivity contribution < 1.29 is 8.98 Å². The van der Waals surface area contributed by atoms with Crippen molar-refractivity contribution >= 4 is 18.0 Å². The first-order valence-electron chi connectivity index (χ1n) is 8.78. The largest absolute Gasteiger partial charge is 0.386 e. The monoisotopic (exact) mass is 340 g/mol. The molecule has 1 aliphatic carbocycles. The molecule has 0 spiro atoms. The fourth-order valence-corrected chi connectivity index (χ4v) is 3.90. The van der Waals surface area contributed by atoms with Gasteiger partial charge in [0, 0.05) is 4.90 Å². The lowest BCUT2D eigenvalue weighted by atomic mass is 9.78. The molecule has 2 aromatic rings. The zero-order chi connectivity index (χ0) is 16.8. The molecule has 0 radical (unpaired) electrons. The molecule has 1 saturated carbocycles. The number of rotatable bonds is 5. The first-order chi connectivity index (χ1) is 11.8. The van der Waals surface area contributed by atoms with Crippen molar-refractivity contribution in [3.63, 3.8) is 0 Å². The molecule has 0 N–H and O–H groups in total. The summed E-state index contributed by atoms with van der Waals surface area (Å²) >= 11 is 1.17. The average molecular weight is 340 g/mol. The van der Waals surface area contributed by atoms with Crippen LogP contribution in [-0.4, -0.2) is 5.97 Å². The maximum Gasteiger partial charge on any atom is 0.321 e. The van der Waals surface area contributed by atoms with E-state index < -0.39 is 0 Å². The molecule has 0 bridgehead atoms. The van der Waals surface area contributed by atoms with Crippen LogP contribution in [0.3, 0.4) is 0 Å². The van der Waals surface area contributed by atoms with E-state index >= 15 is 0 Å². The smallest absolute Gasteiger partial charge is 0.321 e. The summed E-state index contributed by atoms with van der Waals surface area (Å²) in [5.74, 6) is 0.567. The zero-order valence-electron chi connectivity index (χ0n) is 14.1. The average Bonchev–Trinajstić information content (AvgIpc) is 2.67. The van der Waals surface area contributed by atoms with Crippen LogP contribution in [0.1, 0.15) is 49.7 Å². The highest BCUT2D eigenvalue weighted by atomic mass is 32.2. The third-order valence-electron chi connectivity index (χ3n) is 4.88. The first kappa shape index (κ1) is 17.1. The lowest BCUT2D eigenvalue weighted by Gasteiger charge is -2.27. The molecule has 0 amide bonds. The van der Waals surface area contributed by atoms with Gasteiger partial charge in [0.2, 0.25) is 0 Å². The maximum atomic E-state index is 12.3. The highest BCUT2D eigenvalue weighted by Gasteiger charge is 2.28. The molecular weight excluding hydrogens is 316 g/mol. The summed E-state index contributed by atoms with van der Waals surface area (Å²) in [6.45, 7) is 2.18. The molecule has 126 valence electrons. The van der Waals surface area contributed by atoms with Crippen molar-refractivity contribution in [3.8, 4) is 0 Å². The van der Waals surface area contributed by atoms with Gasteiger partial charge in [-0.05, 0) is 61.3 Å². The third-order valence-corrected chi connectivity index (χ3v) is 5.60. The second-order valence-electron chi connectivity index (χ2n) is 6.44. The summed E-state index contributed by atoms with van der Waals surface area (Å²) < 4.78 is 5.42. The van der Waals surface area contributed by atoms with Gasteiger partial charge in [0.25, 0.3) is 0 Å². The van der Waals surface area contributed by atoms with E-state index in [1.807, 2.05) is 30.3 Å². The van der Waals surface area contributed by atoms with Crippen molar-refractivity contribution in [3.05, 3.63) is 65.7 Å². The van der Waals surface area contributed by atoms with Gasteiger partial charge in [-0.25, -0.2) is 0 Å². The highest BCUT2D eigenvalue weighted by Crippen LogP contribution is 2.37. The SMILES string of the molecule is CCc1ccc(C2CCC(C(=O)OSc3ccccc3)CC2)cc1. The van der Waals surface area contributed by atoms with E-state index in [0.29, 0.717) is 5.92 Å². The Hall–Kier alpha value is -1.74. The van der Waals surface area contributed by atoms with Gasteiger partial charge >= 0.3 is 5.97 Å². The van der Waals surface area contributed by atoms with Gasteiger partial charge in [-0.15, -0.1) is 0 Å². The number of hydrogen-bond acceptors (Lipinski definition) is 3. The van der Waals surface area contributed by atoms with Crippen LogP contribution in [0.15, 0.2) is 59.5 Å². The van der Waals surface area contributed by atoms with Gasteiger partial charge in [0.1, 0.15) is 0 Å². The van der Waals surface area contributed by atoms with Crippen molar-refractivity contribution in [2.24, 2.45) is 5.92 Å². The number of benzene rings is 2. The Morgan fingerprint density at radius 2 is 1.67 bits per heavy atom. The van der Waals surface area contributed by atoms with E-state index in [1.54, 1.807) is 0 Å². The Balaban J connectivity index is 1.48. The maximum absolute atomic E-state index is 12.3. The van der Waals surface area contributed by atoms with Crippen LogP contribution in [0.5, 0.6) is 0 Å². The summed E-state index contributed by atoms with van der Waals surface area (Å²) in [4.78, 5) is 13.2. The lowest BCUT2D eigenvalue weighted by Crippen LogP contribution is -2.21. The van der Waals surface area contributed by atoms with E-state index in [9.17, 15) is 4.79 Å². The summed E-state index contributed by atoms with van der Waals surface area (Å²) in [5.41, 5.74) is 2.80. The van der Waals surface area contributed by atoms with Crippen LogP contribution in [0.2, 0.25) is 0 Å². The molecule has 0 unspecified atom stereocenters. The zero-order valence-corrected chi connectivity index (χ0v) is 14.9. The second-order valence-corrected chi connectivity index (χ2v) is 7.25. The van der Waals surface area contributed by atoms with Crippen LogP contribution in [-0.2, 0) is 15.4 Å². The van der Waals surface area contributed by atoms with E-state index in [4.69, 9.17) is 4.18 Å². The molecule has 3 rings (SSSR count). The quantitative estimate of drug-likeness (QED) is 0.646. The molecule has 0 aliphatic heterocycles. The normalized spacial score (nSPS) is 20.5. The van der Waals surface area contributed by atoms with Crippen molar-refractivity contribution in [1.82, 2.24) is 0 Å². The van der Waals surface area contributed by atoms with E-state index in [1.165, 1.54) is 23.2 Å². The number of carbonyl (C=O) groups excluding carboxylic acids is 1. The molecule has 0 atom stereocenters. The number of carbonyl (C=O) groups is 1. The van der Waals surface area contributed by atoms with Gasteiger partial charge in [-0.1, -0.05) is 49.4 Å². The minimum Gasteiger partial charge on any atom is -0.386 e. The Labute approximate surface area is 148 Å². The highest BCUT2D eigenvalue weighted by molar-refractivity contribution is 7.95. The fraction of sp³-hybridized carbons (Fsp3) is 0.381. The third kappa shape index (κ3) is 4.41. The van der Waals surface area contributed by atoms with Crippen molar-refractivity contribution in [2.45, 2.75) is 49.8 Å². The Morgan fingerprint density at radius 1 is 1.00 bits per heavy atom. The Kier molecular flexibility index (Phi) is 5.97. The van der Waals surface area contributed by atoms with Crippen molar-refractivity contribution in [1.29, 1.82) is 0 Å². The number of aryl methyl sites for hydroxylation is 1. The van der Waals surface area contributed by atoms with Crippen LogP contribution < -0.4 is 0 Å². The molecule has 3 heteroatoms. The molecule has 1 aliphatic rings. The minimum absolute atomic E-state index is 0.0485. The molecule has 24 heavy (non-hydrogen) atoms. The van der Waals surface area contributed by atoms with Crippen LogP contribution in [0.4, 0.5) is 0 Å². The van der Waals surface area contributed by atoms with Crippen molar-refractivity contribution in [2.75, 3.05) is 0 Å². The molecule has 2 nitrogen and oxygen atoms in total. The van der Waals surface area contributed by atoms with Gasteiger partial charge in [0.05, 0.1) is 18.0 Å². The van der Waals surface area contributed by atoms with Gasteiger partial charge in [-0.2, -0.15) is 0 Å². The fourth-order valence-electron chi connectivity index (χ4n) is 3.32. The van der Waals surface area contributed by atoms with E-state index in [0.717, 1.165) is 37.0 Å². The first-order valence-corrected chi connectivity index (χ1v) is 9.52. The van der Waals surface area contributed by atoms with Gasteiger partial charge in [-0.3, -0.25) is 4.79 Å². The predicted molar refractivity (Wildman–Crippen MR) is 98.9 cm³/mol. The van der Waals surface area contributed by atoms with Gasteiger partial charge < -0.3 is 4.18 Å². The standard InChI is InChI=1S/C21H24O2S/c1-2-16-8-10-17(11-9-16)18-12-14-19(15-13-18)21(22)23-24-20-6-4-3-5-7-20/h3-11,18-19H,2,12-15H2,1H3. The molecule has 0 heterocycles. The molecule has 1 fully saturated rings. The molecule has 2 aromatic carbocycles. The minimum atomic E-state index is -0.0661. The predicted octanol–water partition coefficient (Wildman–Crippen LogP) is 5.77. The Bertz CT molecular complexity index is 643. The number of hydrogen-bond donors (Lipinski definition) is 0. The molecular formula is C21H24O2S. The summed E-state index contributed by atoms with van der Waals surface area (Å²) in [6.07, 6.45) is 5.07. The van der Waals surface area contributed by atoms with E-state index in [2.05, 4.69) is 31.2 Å². The molecule has 0 saturated heterocycles. The Morgan fingerprint density at radius 3 is 2.29 bits per heavy atom. The van der Waals surface area contributed by atoms with Crippen LogP contribution in [0, 0.1) is 5.92 Å².